The van der Waals surface area contributed by atoms with E-state index in [1.165, 1.54) is 83.5 Å². The third-order valence-electron chi connectivity index (χ3n) is 7.32. The van der Waals surface area contributed by atoms with Gasteiger partial charge in [-0.25, -0.2) is 0 Å². The summed E-state index contributed by atoms with van der Waals surface area (Å²) < 4.78 is 5.86. The van der Waals surface area contributed by atoms with E-state index in [1.54, 1.807) is 6.92 Å². The van der Waals surface area contributed by atoms with Crippen molar-refractivity contribution in [2.45, 2.75) is 181 Å². The number of carbonyl (C=O) groups is 2. The van der Waals surface area contributed by atoms with Gasteiger partial charge in [-0.3, -0.25) is 9.59 Å². The van der Waals surface area contributed by atoms with E-state index in [-0.39, 0.29) is 29.1 Å². The molecule has 1 heterocycles. The SMILES string of the molecule is CCCCCCCCCCCCCCCCCC(=O)OC1CC(C)(C)N(OC(=O)CC)C(C)(C)C1. The van der Waals surface area contributed by atoms with E-state index >= 15 is 0 Å². The number of hydrogen-bond acceptors (Lipinski definition) is 5. The van der Waals surface area contributed by atoms with Crippen LogP contribution in [0.5, 0.6) is 0 Å². The highest BCUT2D eigenvalue weighted by molar-refractivity contribution is 5.69. The van der Waals surface area contributed by atoms with Crippen LogP contribution in [-0.2, 0) is 19.2 Å². The zero-order valence-electron chi connectivity index (χ0n) is 24.1. The first-order valence-corrected chi connectivity index (χ1v) is 14.8. The molecule has 1 saturated heterocycles. The van der Waals surface area contributed by atoms with Gasteiger partial charge in [0.15, 0.2) is 0 Å². The summed E-state index contributed by atoms with van der Waals surface area (Å²) in [4.78, 5) is 30.0. The molecule has 1 rings (SSSR count). The lowest BCUT2D eigenvalue weighted by Gasteiger charge is -2.52. The fourth-order valence-electron chi connectivity index (χ4n) is 5.55. The van der Waals surface area contributed by atoms with E-state index < -0.39 is 0 Å². The largest absolute Gasteiger partial charge is 0.462 e. The molecule has 0 aromatic carbocycles. The van der Waals surface area contributed by atoms with Crippen molar-refractivity contribution < 1.29 is 19.2 Å². The highest BCUT2D eigenvalue weighted by Gasteiger charge is 2.49. The molecule has 0 unspecified atom stereocenters. The van der Waals surface area contributed by atoms with Crippen LogP contribution in [0.15, 0.2) is 0 Å². The summed E-state index contributed by atoms with van der Waals surface area (Å²) in [6.07, 6.45) is 21.8. The number of carbonyl (C=O) groups excluding carboxylic acids is 2. The molecule has 0 bridgehead atoms. The third kappa shape index (κ3) is 13.7. The Morgan fingerprint density at radius 1 is 0.657 bits per heavy atom. The fraction of sp³-hybridized carbons (Fsp3) is 0.933. The number of hydrogen-bond donors (Lipinski definition) is 0. The molecular weight excluding hydrogens is 438 g/mol. The Kier molecular flexibility index (Phi) is 15.8. The van der Waals surface area contributed by atoms with E-state index in [0.717, 1.165) is 12.8 Å². The van der Waals surface area contributed by atoms with E-state index in [4.69, 9.17) is 9.57 Å². The van der Waals surface area contributed by atoms with Crippen molar-refractivity contribution in [1.29, 1.82) is 0 Å². The van der Waals surface area contributed by atoms with E-state index in [1.807, 2.05) is 32.8 Å². The monoisotopic (exact) mass is 495 g/mol. The van der Waals surface area contributed by atoms with Gasteiger partial charge >= 0.3 is 11.9 Å². The van der Waals surface area contributed by atoms with Crippen LogP contribution in [0.1, 0.15) is 164 Å². The average molecular weight is 496 g/mol. The Hall–Kier alpha value is -1.10. The van der Waals surface area contributed by atoms with Crippen LogP contribution in [0, 0.1) is 0 Å². The molecule has 0 N–H and O–H groups in total. The van der Waals surface area contributed by atoms with Crippen LogP contribution in [0.4, 0.5) is 0 Å². The van der Waals surface area contributed by atoms with Crippen LogP contribution >= 0.6 is 0 Å². The van der Waals surface area contributed by atoms with Crippen LogP contribution in [0.25, 0.3) is 0 Å². The number of hydroxylamine groups is 2. The molecule has 35 heavy (non-hydrogen) atoms. The summed E-state index contributed by atoms with van der Waals surface area (Å²) in [5.74, 6) is -0.315. The van der Waals surface area contributed by atoms with Gasteiger partial charge in [0.05, 0.1) is 11.1 Å². The van der Waals surface area contributed by atoms with Gasteiger partial charge in [0.25, 0.3) is 0 Å². The van der Waals surface area contributed by atoms with Gasteiger partial charge in [0.2, 0.25) is 0 Å². The Balaban J connectivity index is 2.09. The molecular formula is C30H57NO4. The van der Waals surface area contributed by atoms with Crippen LogP contribution in [0.3, 0.4) is 0 Å². The van der Waals surface area contributed by atoms with Crippen LogP contribution in [0.2, 0.25) is 0 Å². The normalized spacial score (nSPS) is 17.9. The second-order valence-electron chi connectivity index (χ2n) is 12.0. The van der Waals surface area contributed by atoms with Gasteiger partial charge in [-0.1, -0.05) is 104 Å². The second kappa shape index (κ2) is 17.4. The third-order valence-corrected chi connectivity index (χ3v) is 7.32. The van der Waals surface area contributed by atoms with Gasteiger partial charge in [-0.05, 0) is 34.1 Å². The molecule has 0 aromatic heterocycles. The van der Waals surface area contributed by atoms with Gasteiger partial charge in [0, 0.05) is 25.7 Å². The lowest BCUT2D eigenvalue weighted by Crippen LogP contribution is -2.62. The van der Waals surface area contributed by atoms with Crippen molar-refractivity contribution >= 4 is 11.9 Å². The van der Waals surface area contributed by atoms with Gasteiger partial charge in [-0.15, -0.1) is 5.06 Å². The smallest absolute Gasteiger partial charge is 0.324 e. The van der Waals surface area contributed by atoms with E-state index in [0.29, 0.717) is 25.7 Å². The van der Waals surface area contributed by atoms with E-state index in [2.05, 4.69) is 6.92 Å². The first-order chi connectivity index (χ1) is 16.6. The summed E-state index contributed by atoms with van der Waals surface area (Å²) >= 11 is 0. The van der Waals surface area contributed by atoms with Crippen molar-refractivity contribution in [3.63, 3.8) is 0 Å². The van der Waals surface area contributed by atoms with Gasteiger partial charge in [0.1, 0.15) is 6.10 Å². The summed E-state index contributed by atoms with van der Waals surface area (Å²) in [5, 5.41) is 1.81. The molecule has 5 heteroatoms. The second-order valence-corrected chi connectivity index (χ2v) is 12.0. The minimum absolute atomic E-state index is 0.0877. The molecule has 5 nitrogen and oxygen atoms in total. The zero-order chi connectivity index (χ0) is 26.2. The van der Waals surface area contributed by atoms with Gasteiger partial charge in [-0.2, -0.15) is 0 Å². The van der Waals surface area contributed by atoms with Crippen molar-refractivity contribution in [1.82, 2.24) is 5.06 Å². The number of unbranched alkanes of at least 4 members (excludes halogenated alkanes) is 14. The standard InChI is InChI=1S/C30H57NO4/c1-7-9-10-11-12-13-14-15-16-17-18-19-20-21-22-23-28(33)34-26-24-29(3,4)31(30(5,6)25-26)35-27(32)8-2/h26H,7-25H2,1-6H3. The molecule has 1 aliphatic heterocycles. The summed E-state index contributed by atoms with van der Waals surface area (Å²) in [5.41, 5.74) is -0.766. The van der Waals surface area contributed by atoms with Gasteiger partial charge < -0.3 is 9.57 Å². The Bertz CT molecular complexity index is 569. The molecule has 0 amide bonds. The average Bonchev–Trinajstić information content (AvgIpc) is 2.78. The maximum absolute atomic E-state index is 12.5. The zero-order valence-corrected chi connectivity index (χ0v) is 24.1. The Morgan fingerprint density at radius 2 is 1.06 bits per heavy atom. The fourth-order valence-corrected chi connectivity index (χ4v) is 5.55. The molecule has 0 atom stereocenters. The summed E-state index contributed by atoms with van der Waals surface area (Å²) in [6, 6.07) is 0. The molecule has 206 valence electrons. The number of rotatable bonds is 19. The van der Waals surface area contributed by atoms with Crippen molar-refractivity contribution in [2.75, 3.05) is 0 Å². The van der Waals surface area contributed by atoms with Crippen molar-refractivity contribution in [2.24, 2.45) is 0 Å². The topological polar surface area (TPSA) is 55.8 Å². The van der Waals surface area contributed by atoms with E-state index in [9.17, 15) is 9.59 Å². The Labute approximate surface area is 217 Å². The number of piperidine rings is 1. The number of esters is 1. The lowest BCUT2D eigenvalue weighted by molar-refractivity contribution is -0.277. The number of nitrogens with zero attached hydrogens (tertiary/aromatic N) is 1. The minimum Gasteiger partial charge on any atom is -0.462 e. The predicted octanol–water partition coefficient (Wildman–Crippen LogP) is 8.68. The highest BCUT2D eigenvalue weighted by Crippen LogP contribution is 2.40. The lowest BCUT2D eigenvalue weighted by atomic mass is 9.80. The van der Waals surface area contributed by atoms with Crippen LogP contribution < -0.4 is 0 Å². The predicted molar refractivity (Wildman–Crippen MR) is 145 cm³/mol. The molecule has 0 aliphatic carbocycles. The molecule has 1 aliphatic rings. The van der Waals surface area contributed by atoms with Crippen molar-refractivity contribution in [3.8, 4) is 0 Å². The maximum Gasteiger partial charge on any atom is 0.324 e. The molecule has 0 spiro atoms. The number of ether oxygens (including phenoxy) is 1. The molecule has 0 aromatic rings. The van der Waals surface area contributed by atoms with Crippen LogP contribution in [-0.4, -0.2) is 34.2 Å². The molecule has 0 radical (unpaired) electrons. The minimum atomic E-state index is -0.383. The molecule has 1 fully saturated rings. The summed E-state index contributed by atoms with van der Waals surface area (Å²) in [7, 11) is 0. The molecule has 0 saturated carbocycles. The highest BCUT2D eigenvalue weighted by atomic mass is 16.7. The van der Waals surface area contributed by atoms with Crippen molar-refractivity contribution in [3.05, 3.63) is 0 Å². The first-order valence-electron chi connectivity index (χ1n) is 14.8. The Morgan fingerprint density at radius 3 is 1.46 bits per heavy atom. The first kappa shape index (κ1) is 31.9. The summed E-state index contributed by atoms with van der Waals surface area (Å²) in [6.45, 7) is 12.3. The quantitative estimate of drug-likeness (QED) is 0.132. The maximum atomic E-state index is 12.5.